The first-order valence-corrected chi connectivity index (χ1v) is 11.1. The van der Waals surface area contributed by atoms with E-state index in [0.717, 1.165) is 32.0 Å². The molecule has 148 valence electrons. The van der Waals surface area contributed by atoms with Crippen molar-refractivity contribution in [1.82, 2.24) is 10.2 Å². The highest BCUT2D eigenvalue weighted by Gasteiger charge is 2.42. The molecule has 0 radical (unpaired) electrons. The van der Waals surface area contributed by atoms with Crippen molar-refractivity contribution in [3.05, 3.63) is 41.0 Å². The minimum absolute atomic E-state index is 0.0342. The Morgan fingerprint density at radius 1 is 1.29 bits per heavy atom. The molecule has 3 atom stereocenters. The number of nitrogens with one attached hydrogen (secondary N) is 1. The highest BCUT2D eigenvalue weighted by Crippen LogP contribution is 2.30. The number of carbonyl (C=O) groups is 3. The molecule has 4 rings (SSSR count). The summed E-state index contributed by atoms with van der Waals surface area (Å²) in [4.78, 5) is 38.7. The summed E-state index contributed by atoms with van der Waals surface area (Å²) in [5.41, 5.74) is 4.04. The number of allylic oxidation sites excluding steroid dienone is 1. The van der Waals surface area contributed by atoms with Crippen molar-refractivity contribution in [3.63, 3.8) is 0 Å². The van der Waals surface area contributed by atoms with Crippen LogP contribution in [-0.4, -0.2) is 52.6 Å². The van der Waals surface area contributed by atoms with Gasteiger partial charge >= 0.3 is 0 Å². The lowest BCUT2D eigenvalue weighted by Crippen LogP contribution is -2.47. The van der Waals surface area contributed by atoms with Crippen LogP contribution in [0.3, 0.4) is 0 Å². The van der Waals surface area contributed by atoms with Crippen LogP contribution in [0.2, 0.25) is 0 Å². The van der Waals surface area contributed by atoms with Gasteiger partial charge in [0.15, 0.2) is 5.78 Å². The average Bonchev–Trinajstić information content (AvgIpc) is 3.45. The molecule has 1 aliphatic carbocycles. The summed E-state index contributed by atoms with van der Waals surface area (Å²) in [5, 5.41) is 2.68. The number of fused-ring (bicyclic) bond motifs is 1. The summed E-state index contributed by atoms with van der Waals surface area (Å²) in [7, 11) is 0. The standard InChI is InChI=1S/C22H26N2O3S/c25-13-18-22(28-14-23-18)21(27)19-8-4-10-24(19)20(26)9-3-5-15-11-16-6-1-2-7-17(16)12-15/h1-2,6-7,11,13,18-19,22-23H,3-5,8-10,12,14H2/t18-,19+,22?/m1/s1. The SMILES string of the molecule is O=C[C@H]1NCSC1C(=O)[C@@H]1CCCN1C(=O)CCCC1=Cc2ccccc2C1. The Hall–Kier alpha value is -1.92. The van der Waals surface area contributed by atoms with Gasteiger partial charge in [-0.1, -0.05) is 35.9 Å². The normalized spacial score (nSPS) is 26.2. The zero-order chi connectivity index (χ0) is 19.5. The molecule has 1 amide bonds. The Morgan fingerprint density at radius 2 is 2.14 bits per heavy atom. The molecule has 2 fully saturated rings. The monoisotopic (exact) mass is 398 g/mol. The van der Waals surface area contributed by atoms with E-state index in [1.807, 2.05) is 0 Å². The number of hydrogen-bond donors (Lipinski definition) is 1. The van der Waals surface area contributed by atoms with Crippen molar-refractivity contribution < 1.29 is 14.4 Å². The quantitative estimate of drug-likeness (QED) is 0.715. The third-order valence-corrected chi connectivity index (χ3v) is 7.18. The van der Waals surface area contributed by atoms with Crippen molar-refractivity contribution in [2.24, 2.45) is 0 Å². The first kappa shape index (κ1) is 19.4. The average molecular weight is 399 g/mol. The number of rotatable bonds is 7. The van der Waals surface area contributed by atoms with Crippen LogP contribution in [0.4, 0.5) is 0 Å². The summed E-state index contributed by atoms with van der Waals surface area (Å²) in [5.74, 6) is 0.718. The van der Waals surface area contributed by atoms with Gasteiger partial charge < -0.3 is 9.69 Å². The summed E-state index contributed by atoms with van der Waals surface area (Å²) >= 11 is 1.48. The van der Waals surface area contributed by atoms with Gasteiger partial charge in [-0.05, 0) is 43.2 Å². The molecular formula is C22H26N2O3S. The third kappa shape index (κ3) is 3.94. The maximum absolute atomic E-state index is 12.9. The molecule has 5 nitrogen and oxygen atoms in total. The van der Waals surface area contributed by atoms with Gasteiger partial charge in [0.2, 0.25) is 5.91 Å². The predicted molar refractivity (Wildman–Crippen MR) is 111 cm³/mol. The lowest BCUT2D eigenvalue weighted by atomic mass is 10.0. The van der Waals surface area contributed by atoms with E-state index >= 15 is 0 Å². The molecule has 1 aromatic carbocycles. The van der Waals surface area contributed by atoms with Gasteiger partial charge in [-0.25, -0.2) is 0 Å². The lowest BCUT2D eigenvalue weighted by Gasteiger charge is -2.26. The fourth-order valence-electron chi connectivity index (χ4n) is 4.50. The van der Waals surface area contributed by atoms with Crippen molar-refractivity contribution >= 4 is 35.8 Å². The number of ketones is 1. The van der Waals surface area contributed by atoms with E-state index in [-0.39, 0.29) is 23.0 Å². The molecule has 6 heteroatoms. The van der Waals surface area contributed by atoms with Crippen LogP contribution in [0.15, 0.2) is 29.8 Å². The van der Waals surface area contributed by atoms with E-state index < -0.39 is 6.04 Å². The first-order valence-electron chi connectivity index (χ1n) is 10.1. The van der Waals surface area contributed by atoms with Crippen LogP contribution in [0.1, 0.15) is 43.2 Å². The smallest absolute Gasteiger partial charge is 0.223 e. The maximum atomic E-state index is 12.9. The second kappa shape index (κ2) is 8.62. The van der Waals surface area contributed by atoms with Gasteiger partial charge in [0.1, 0.15) is 6.29 Å². The fraction of sp³-hybridized carbons (Fsp3) is 0.500. The molecule has 2 aliphatic heterocycles. The molecule has 28 heavy (non-hydrogen) atoms. The van der Waals surface area contributed by atoms with Gasteiger partial charge in [-0.2, -0.15) is 0 Å². The Morgan fingerprint density at radius 3 is 2.96 bits per heavy atom. The summed E-state index contributed by atoms with van der Waals surface area (Å²) in [6.45, 7) is 0.653. The first-order chi connectivity index (χ1) is 13.7. The number of nitrogens with zero attached hydrogens (tertiary/aromatic N) is 1. The zero-order valence-corrected chi connectivity index (χ0v) is 16.7. The van der Waals surface area contributed by atoms with Crippen molar-refractivity contribution in [2.45, 2.75) is 55.9 Å². The number of benzene rings is 1. The number of carbonyl (C=O) groups excluding carboxylic acids is 3. The summed E-state index contributed by atoms with van der Waals surface area (Å²) in [6, 6.07) is 7.63. The molecule has 2 heterocycles. The molecule has 1 N–H and O–H groups in total. The van der Waals surface area contributed by atoms with Crippen LogP contribution in [-0.2, 0) is 20.8 Å². The van der Waals surface area contributed by atoms with Gasteiger partial charge in [0.05, 0.1) is 17.3 Å². The Kier molecular flexibility index (Phi) is 5.97. The molecule has 0 spiro atoms. The number of thioether (sulfide) groups is 1. The van der Waals surface area contributed by atoms with Gasteiger partial charge in [-0.15, -0.1) is 11.8 Å². The van der Waals surface area contributed by atoms with E-state index in [2.05, 4.69) is 35.7 Å². The van der Waals surface area contributed by atoms with Gasteiger partial charge in [-0.3, -0.25) is 14.9 Å². The molecule has 3 aliphatic rings. The van der Waals surface area contributed by atoms with Crippen LogP contribution in [0.5, 0.6) is 0 Å². The lowest BCUT2D eigenvalue weighted by molar-refractivity contribution is -0.137. The number of likely N-dealkylation sites (tertiary alicyclic amines) is 1. The Labute approximate surface area is 169 Å². The summed E-state index contributed by atoms with van der Waals surface area (Å²) in [6.07, 6.45) is 7.82. The van der Waals surface area contributed by atoms with Crippen molar-refractivity contribution in [1.29, 1.82) is 0 Å². The third-order valence-electron chi connectivity index (χ3n) is 5.96. The maximum Gasteiger partial charge on any atom is 0.223 e. The molecule has 0 bridgehead atoms. The van der Waals surface area contributed by atoms with Crippen LogP contribution < -0.4 is 5.32 Å². The number of aldehydes is 1. The van der Waals surface area contributed by atoms with Crippen LogP contribution in [0, 0.1) is 0 Å². The molecule has 1 unspecified atom stereocenters. The molecule has 1 aromatic rings. The van der Waals surface area contributed by atoms with E-state index in [9.17, 15) is 14.4 Å². The zero-order valence-electron chi connectivity index (χ0n) is 15.9. The summed E-state index contributed by atoms with van der Waals surface area (Å²) < 4.78 is 0. The van der Waals surface area contributed by atoms with E-state index in [4.69, 9.17) is 0 Å². The second-order valence-electron chi connectivity index (χ2n) is 7.78. The molecule has 2 saturated heterocycles. The predicted octanol–water partition coefficient (Wildman–Crippen LogP) is 2.59. The highest BCUT2D eigenvalue weighted by atomic mass is 32.2. The van der Waals surface area contributed by atoms with Crippen molar-refractivity contribution in [3.8, 4) is 0 Å². The largest absolute Gasteiger partial charge is 0.333 e. The number of Topliss-reactive ketones (excluding diaryl/α,β-unsaturated/α-hetero) is 1. The highest BCUT2D eigenvalue weighted by molar-refractivity contribution is 8.00. The molecule has 0 saturated carbocycles. The molecular weight excluding hydrogens is 372 g/mol. The van der Waals surface area contributed by atoms with Crippen LogP contribution >= 0.6 is 11.8 Å². The second-order valence-corrected chi connectivity index (χ2v) is 8.91. The number of amides is 1. The van der Waals surface area contributed by atoms with E-state index in [1.54, 1.807) is 4.90 Å². The topological polar surface area (TPSA) is 66.5 Å². The fourth-order valence-corrected chi connectivity index (χ4v) is 5.65. The minimum atomic E-state index is -0.425. The van der Waals surface area contributed by atoms with Gasteiger partial charge in [0, 0.05) is 18.8 Å². The Balaban J connectivity index is 1.29. The molecule has 0 aromatic heterocycles. The van der Waals surface area contributed by atoms with Crippen LogP contribution in [0.25, 0.3) is 6.08 Å². The van der Waals surface area contributed by atoms with Crippen molar-refractivity contribution in [2.75, 3.05) is 12.4 Å². The Bertz CT molecular complexity index is 807. The van der Waals surface area contributed by atoms with E-state index in [1.165, 1.54) is 28.5 Å². The van der Waals surface area contributed by atoms with E-state index in [0.29, 0.717) is 25.3 Å². The number of hydrogen-bond acceptors (Lipinski definition) is 5. The van der Waals surface area contributed by atoms with Gasteiger partial charge in [0.25, 0.3) is 0 Å². The minimum Gasteiger partial charge on any atom is -0.333 e.